The zero-order valence-corrected chi connectivity index (χ0v) is 12.3. The van der Waals surface area contributed by atoms with E-state index in [1.165, 1.54) is 28.4 Å². The Labute approximate surface area is 109 Å². The van der Waals surface area contributed by atoms with Crippen molar-refractivity contribution >= 4 is 11.3 Å². The van der Waals surface area contributed by atoms with Gasteiger partial charge in [-0.15, -0.1) is 11.3 Å². The van der Waals surface area contributed by atoms with Crippen LogP contribution in [0.2, 0.25) is 0 Å². The van der Waals surface area contributed by atoms with Gasteiger partial charge in [0.15, 0.2) is 0 Å². The molecule has 2 N–H and O–H groups in total. The highest BCUT2D eigenvalue weighted by atomic mass is 32.1. The fraction of sp³-hybridized carbons (Fsp3) is 0.786. The Morgan fingerprint density at radius 2 is 2.06 bits per heavy atom. The Bertz CT molecular complexity index is 408. The Hall–Kier alpha value is -0.410. The van der Waals surface area contributed by atoms with Gasteiger partial charge in [-0.25, -0.2) is 4.98 Å². The van der Waals surface area contributed by atoms with Crippen LogP contribution in [0.25, 0.3) is 0 Å². The molecular formula is C14H24N2S. The summed E-state index contributed by atoms with van der Waals surface area (Å²) in [5, 5.41) is 1.17. The number of nitrogens with two attached hydrogens (primary N) is 1. The number of aromatic nitrogens is 1. The lowest BCUT2D eigenvalue weighted by Crippen LogP contribution is -2.44. The Balaban J connectivity index is 2.30. The van der Waals surface area contributed by atoms with Gasteiger partial charge in [0.1, 0.15) is 5.01 Å². The number of hydrogen-bond donors (Lipinski definition) is 1. The molecule has 0 saturated heterocycles. The molecule has 1 fully saturated rings. The predicted octanol–water partition coefficient (Wildman–Crippen LogP) is 3.77. The first-order chi connectivity index (χ1) is 7.86. The van der Waals surface area contributed by atoms with E-state index in [0.29, 0.717) is 5.41 Å². The highest BCUT2D eigenvalue weighted by Crippen LogP contribution is 2.45. The van der Waals surface area contributed by atoms with Crippen LogP contribution in [-0.2, 0) is 12.0 Å². The molecule has 1 heterocycles. The van der Waals surface area contributed by atoms with E-state index >= 15 is 0 Å². The van der Waals surface area contributed by atoms with Crippen molar-refractivity contribution in [3.63, 3.8) is 0 Å². The van der Waals surface area contributed by atoms with E-state index in [9.17, 15) is 0 Å². The van der Waals surface area contributed by atoms with Gasteiger partial charge < -0.3 is 5.73 Å². The van der Waals surface area contributed by atoms with Gasteiger partial charge in [0.25, 0.3) is 0 Å². The predicted molar refractivity (Wildman–Crippen MR) is 74.3 cm³/mol. The van der Waals surface area contributed by atoms with Gasteiger partial charge in [0.05, 0.1) is 11.2 Å². The topological polar surface area (TPSA) is 38.9 Å². The van der Waals surface area contributed by atoms with Gasteiger partial charge in [-0.2, -0.15) is 0 Å². The van der Waals surface area contributed by atoms with Crippen LogP contribution in [0.15, 0.2) is 0 Å². The highest BCUT2D eigenvalue weighted by Gasteiger charge is 2.40. The van der Waals surface area contributed by atoms with Gasteiger partial charge in [-0.3, -0.25) is 0 Å². The van der Waals surface area contributed by atoms with Crippen LogP contribution >= 0.6 is 11.3 Å². The van der Waals surface area contributed by atoms with Crippen LogP contribution in [0, 0.1) is 12.3 Å². The SMILES string of the molecule is CCc1nc(C2(N)CCCC(C)(C)C2)sc1C. The molecule has 0 amide bonds. The Morgan fingerprint density at radius 1 is 1.35 bits per heavy atom. The molecule has 0 radical (unpaired) electrons. The van der Waals surface area contributed by atoms with Crippen LogP contribution in [-0.4, -0.2) is 4.98 Å². The van der Waals surface area contributed by atoms with Crippen molar-refractivity contribution in [3.8, 4) is 0 Å². The van der Waals surface area contributed by atoms with Gasteiger partial charge in [-0.1, -0.05) is 27.2 Å². The normalized spacial score (nSPS) is 28.3. The first-order valence-corrected chi connectivity index (χ1v) is 7.44. The van der Waals surface area contributed by atoms with Crippen LogP contribution in [0.3, 0.4) is 0 Å². The molecule has 1 unspecified atom stereocenters. The van der Waals surface area contributed by atoms with Crippen LogP contribution in [0.4, 0.5) is 0 Å². The fourth-order valence-electron chi connectivity index (χ4n) is 3.06. The van der Waals surface area contributed by atoms with E-state index in [-0.39, 0.29) is 5.54 Å². The molecule has 1 aliphatic rings. The summed E-state index contributed by atoms with van der Waals surface area (Å²) in [7, 11) is 0. The average molecular weight is 252 g/mol. The van der Waals surface area contributed by atoms with Crippen molar-refractivity contribution in [3.05, 3.63) is 15.6 Å². The van der Waals surface area contributed by atoms with Crippen molar-refractivity contribution in [2.24, 2.45) is 11.1 Å². The third-order valence-corrected chi connectivity index (χ3v) is 5.16. The van der Waals surface area contributed by atoms with Crippen molar-refractivity contribution < 1.29 is 0 Å². The summed E-state index contributed by atoms with van der Waals surface area (Å²) in [4.78, 5) is 6.13. The van der Waals surface area contributed by atoms with E-state index in [2.05, 4.69) is 27.7 Å². The molecule has 3 heteroatoms. The number of nitrogens with zero attached hydrogens (tertiary/aromatic N) is 1. The van der Waals surface area contributed by atoms with Crippen molar-refractivity contribution in [2.75, 3.05) is 0 Å². The largest absolute Gasteiger partial charge is 0.319 e. The smallest absolute Gasteiger partial charge is 0.113 e. The van der Waals surface area contributed by atoms with Gasteiger partial charge >= 0.3 is 0 Å². The summed E-state index contributed by atoms with van der Waals surface area (Å²) >= 11 is 1.81. The molecule has 96 valence electrons. The molecule has 2 rings (SSSR count). The summed E-state index contributed by atoms with van der Waals surface area (Å²) in [6, 6.07) is 0. The van der Waals surface area contributed by atoms with Crippen LogP contribution < -0.4 is 5.73 Å². The lowest BCUT2D eigenvalue weighted by Gasteiger charge is -2.41. The number of thiazole rings is 1. The zero-order valence-electron chi connectivity index (χ0n) is 11.5. The van der Waals surface area contributed by atoms with Gasteiger partial charge in [0, 0.05) is 4.88 Å². The minimum absolute atomic E-state index is 0.176. The molecule has 17 heavy (non-hydrogen) atoms. The standard InChI is InChI=1S/C14H24N2S/c1-5-11-10(2)17-12(16-11)14(15)8-6-7-13(3,4)9-14/h5-9,15H2,1-4H3. The summed E-state index contributed by atoms with van der Waals surface area (Å²) in [6.45, 7) is 8.99. The van der Waals surface area contributed by atoms with E-state index in [1.807, 2.05) is 11.3 Å². The molecule has 1 atom stereocenters. The second-order valence-electron chi connectivity index (χ2n) is 6.23. The van der Waals surface area contributed by atoms with Crippen molar-refractivity contribution in [1.82, 2.24) is 4.98 Å². The lowest BCUT2D eigenvalue weighted by molar-refractivity contribution is 0.151. The number of rotatable bonds is 2. The summed E-state index contributed by atoms with van der Waals surface area (Å²) in [5.41, 5.74) is 8.06. The highest BCUT2D eigenvalue weighted by molar-refractivity contribution is 7.11. The van der Waals surface area contributed by atoms with E-state index in [0.717, 1.165) is 19.3 Å². The fourth-order valence-corrected chi connectivity index (χ4v) is 4.20. The maximum absolute atomic E-state index is 6.64. The third-order valence-electron chi connectivity index (χ3n) is 3.92. The maximum Gasteiger partial charge on any atom is 0.113 e. The first-order valence-electron chi connectivity index (χ1n) is 6.62. The molecule has 0 spiro atoms. The molecule has 1 aromatic rings. The minimum Gasteiger partial charge on any atom is -0.319 e. The second-order valence-corrected chi connectivity index (χ2v) is 7.43. The molecule has 0 aliphatic heterocycles. The summed E-state index contributed by atoms with van der Waals surface area (Å²) in [6.07, 6.45) is 5.69. The molecule has 0 aromatic carbocycles. The summed E-state index contributed by atoms with van der Waals surface area (Å²) < 4.78 is 0. The molecule has 0 bridgehead atoms. The molecule has 1 aromatic heterocycles. The molecule has 1 saturated carbocycles. The second kappa shape index (κ2) is 4.36. The molecule has 1 aliphatic carbocycles. The first kappa shape index (κ1) is 13.0. The Morgan fingerprint density at radius 3 is 2.59 bits per heavy atom. The number of hydrogen-bond acceptors (Lipinski definition) is 3. The lowest BCUT2D eigenvalue weighted by atomic mass is 9.69. The van der Waals surface area contributed by atoms with Crippen molar-refractivity contribution in [1.29, 1.82) is 0 Å². The van der Waals surface area contributed by atoms with E-state index < -0.39 is 0 Å². The van der Waals surface area contributed by atoms with E-state index in [4.69, 9.17) is 10.7 Å². The third kappa shape index (κ3) is 2.55. The maximum atomic E-state index is 6.64. The van der Waals surface area contributed by atoms with Crippen molar-refractivity contribution in [2.45, 2.75) is 65.3 Å². The Kier molecular flexibility index (Phi) is 3.34. The quantitative estimate of drug-likeness (QED) is 0.870. The molecule has 2 nitrogen and oxygen atoms in total. The average Bonchev–Trinajstić information content (AvgIpc) is 2.58. The minimum atomic E-state index is -0.176. The monoisotopic (exact) mass is 252 g/mol. The van der Waals surface area contributed by atoms with Gasteiger partial charge in [-0.05, 0) is 38.0 Å². The van der Waals surface area contributed by atoms with E-state index in [1.54, 1.807) is 0 Å². The van der Waals surface area contributed by atoms with Crippen LogP contribution in [0.5, 0.6) is 0 Å². The van der Waals surface area contributed by atoms with Crippen LogP contribution in [0.1, 0.15) is 62.0 Å². The zero-order chi connectivity index (χ0) is 12.7. The molecular weight excluding hydrogens is 228 g/mol. The summed E-state index contributed by atoms with van der Waals surface area (Å²) in [5.74, 6) is 0. The number of aryl methyl sites for hydroxylation is 2. The van der Waals surface area contributed by atoms with Gasteiger partial charge in [0.2, 0.25) is 0 Å².